The Morgan fingerprint density at radius 2 is 1.86 bits per heavy atom. The van der Waals surface area contributed by atoms with Crippen molar-refractivity contribution >= 4 is 27.3 Å². The highest BCUT2D eigenvalue weighted by Gasteiger charge is 2.28. The Kier molecular flexibility index (Phi) is 6.80. The first-order valence-corrected chi connectivity index (χ1v) is 13.8. The topological polar surface area (TPSA) is 117 Å². The Hall–Kier alpha value is -3.60. The zero-order valence-corrected chi connectivity index (χ0v) is 21.5. The Morgan fingerprint density at radius 1 is 1.11 bits per heavy atom. The summed E-state index contributed by atoms with van der Waals surface area (Å²) in [6.45, 7) is 2.68. The number of rotatable bonds is 9. The molecule has 0 saturated carbocycles. The molecule has 0 radical (unpaired) electrons. The molecular weight excluding hydrogens is 494 g/mol. The number of ether oxygens (including phenoxy) is 2. The number of aliphatic hydroxyl groups excluding tert-OH is 1. The van der Waals surface area contributed by atoms with E-state index in [0.29, 0.717) is 30.2 Å². The van der Waals surface area contributed by atoms with Crippen molar-refractivity contribution in [1.29, 1.82) is 0 Å². The maximum absolute atomic E-state index is 11.9. The van der Waals surface area contributed by atoms with Crippen LogP contribution in [0.15, 0.2) is 54.6 Å². The standard InChI is InChI=1S/C27H29N3O6S/c1-17(31)29-21-4-6-23-19(12-21)11-20-13-22(5-7-24(20)23)35-10-9-28-15-26(32)18-3-8-27-25(14-18)30(16-36-27)37(2,33)34/h3-8,12-14,26,28,32H,9-11,15-16H2,1-2H3,(H,29,31). The van der Waals surface area contributed by atoms with Gasteiger partial charge in [-0.2, -0.15) is 0 Å². The van der Waals surface area contributed by atoms with Gasteiger partial charge in [0.05, 0.1) is 18.0 Å². The number of nitrogens with one attached hydrogen (secondary N) is 2. The number of sulfonamides is 1. The maximum atomic E-state index is 11.9. The lowest BCUT2D eigenvalue weighted by Gasteiger charge is -2.16. The van der Waals surface area contributed by atoms with Crippen molar-refractivity contribution in [3.05, 3.63) is 71.3 Å². The molecule has 1 heterocycles. The van der Waals surface area contributed by atoms with Gasteiger partial charge in [0.15, 0.2) is 6.73 Å². The highest BCUT2D eigenvalue weighted by Crippen LogP contribution is 2.40. The number of benzene rings is 3. The van der Waals surface area contributed by atoms with Gasteiger partial charge in [-0.25, -0.2) is 12.7 Å². The molecule has 1 aliphatic carbocycles. The van der Waals surface area contributed by atoms with Crippen LogP contribution in [0.4, 0.5) is 11.4 Å². The quantitative estimate of drug-likeness (QED) is 0.289. The highest BCUT2D eigenvalue weighted by molar-refractivity contribution is 7.92. The number of hydrogen-bond acceptors (Lipinski definition) is 7. The largest absolute Gasteiger partial charge is 0.492 e. The third-order valence-corrected chi connectivity index (χ3v) is 7.54. The van der Waals surface area contributed by atoms with Gasteiger partial charge in [-0.05, 0) is 70.6 Å². The number of hydrogen-bond donors (Lipinski definition) is 3. The molecule has 37 heavy (non-hydrogen) atoms. The summed E-state index contributed by atoms with van der Waals surface area (Å²) >= 11 is 0. The van der Waals surface area contributed by atoms with Gasteiger partial charge in [0, 0.05) is 25.7 Å². The molecule has 3 N–H and O–H groups in total. The van der Waals surface area contributed by atoms with Crippen molar-refractivity contribution in [3.63, 3.8) is 0 Å². The molecule has 0 fully saturated rings. The van der Waals surface area contributed by atoms with Crippen molar-refractivity contribution in [1.82, 2.24) is 5.32 Å². The molecule has 3 aromatic carbocycles. The van der Waals surface area contributed by atoms with Crippen LogP contribution in [-0.2, 0) is 21.2 Å². The summed E-state index contributed by atoms with van der Waals surface area (Å²) in [7, 11) is -3.46. The average molecular weight is 524 g/mol. The lowest BCUT2D eigenvalue weighted by molar-refractivity contribution is -0.114. The molecule has 1 unspecified atom stereocenters. The van der Waals surface area contributed by atoms with Crippen LogP contribution in [-0.4, -0.2) is 52.1 Å². The molecule has 1 amide bonds. The van der Waals surface area contributed by atoms with Crippen LogP contribution < -0.4 is 24.4 Å². The Labute approximate surface area is 216 Å². The second-order valence-corrected chi connectivity index (χ2v) is 11.1. The minimum Gasteiger partial charge on any atom is -0.492 e. The fourth-order valence-corrected chi connectivity index (χ4v) is 5.43. The summed E-state index contributed by atoms with van der Waals surface area (Å²) < 4.78 is 36.4. The summed E-state index contributed by atoms with van der Waals surface area (Å²) in [6, 6.07) is 17.1. The molecule has 194 valence electrons. The Bertz CT molecular complexity index is 1460. The number of carbonyl (C=O) groups excluding carboxylic acids is 1. The van der Waals surface area contributed by atoms with E-state index in [4.69, 9.17) is 9.47 Å². The van der Waals surface area contributed by atoms with E-state index >= 15 is 0 Å². The Balaban J connectivity index is 1.12. The van der Waals surface area contributed by atoms with E-state index in [1.165, 1.54) is 33.5 Å². The maximum Gasteiger partial charge on any atom is 0.235 e. The van der Waals surface area contributed by atoms with E-state index in [9.17, 15) is 18.3 Å². The van der Waals surface area contributed by atoms with Crippen LogP contribution in [0.2, 0.25) is 0 Å². The predicted octanol–water partition coefficient (Wildman–Crippen LogP) is 3.03. The number of nitrogens with zero attached hydrogens (tertiary/aromatic N) is 1. The van der Waals surface area contributed by atoms with Gasteiger partial charge in [0.2, 0.25) is 15.9 Å². The summed E-state index contributed by atoms with van der Waals surface area (Å²) in [4.78, 5) is 11.3. The summed E-state index contributed by atoms with van der Waals surface area (Å²) in [5.74, 6) is 1.16. The zero-order chi connectivity index (χ0) is 26.2. The Morgan fingerprint density at radius 3 is 2.62 bits per heavy atom. The third-order valence-electron chi connectivity index (χ3n) is 6.43. The number of anilines is 2. The van der Waals surface area contributed by atoms with Crippen molar-refractivity contribution in [2.75, 3.05) is 42.3 Å². The second kappa shape index (κ2) is 10.0. The molecular formula is C27H29N3O6S. The molecule has 1 atom stereocenters. The van der Waals surface area contributed by atoms with Crippen LogP contribution in [0.1, 0.15) is 29.7 Å². The minimum atomic E-state index is -3.46. The molecule has 0 spiro atoms. The van der Waals surface area contributed by atoms with Crippen LogP contribution >= 0.6 is 0 Å². The first-order chi connectivity index (χ1) is 17.7. The van der Waals surface area contributed by atoms with E-state index in [0.717, 1.165) is 24.1 Å². The molecule has 0 saturated heterocycles. The third kappa shape index (κ3) is 5.41. The summed E-state index contributed by atoms with van der Waals surface area (Å²) in [5.41, 5.74) is 6.53. The van der Waals surface area contributed by atoms with Gasteiger partial charge in [0.25, 0.3) is 0 Å². The number of aliphatic hydroxyl groups is 1. The molecule has 1 aliphatic heterocycles. The van der Waals surface area contributed by atoms with Crippen LogP contribution in [0.5, 0.6) is 11.5 Å². The van der Waals surface area contributed by atoms with E-state index in [-0.39, 0.29) is 19.2 Å². The lowest BCUT2D eigenvalue weighted by Crippen LogP contribution is -2.29. The van der Waals surface area contributed by atoms with E-state index in [2.05, 4.69) is 16.7 Å². The van der Waals surface area contributed by atoms with Gasteiger partial charge in [-0.1, -0.05) is 18.2 Å². The van der Waals surface area contributed by atoms with Crippen molar-refractivity contribution in [2.24, 2.45) is 0 Å². The smallest absolute Gasteiger partial charge is 0.235 e. The van der Waals surface area contributed by atoms with Crippen LogP contribution in [0.25, 0.3) is 11.1 Å². The molecule has 9 nitrogen and oxygen atoms in total. The summed E-state index contributed by atoms with van der Waals surface area (Å²) in [6.07, 6.45) is 1.09. The normalized spacial score (nSPS) is 14.4. The minimum absolute atomic E-state index is 0.0593. The molecule has 2 aliphatic rings. The number of amides is 1. The van der Waals surface area contributed by atoms with Gasteiger partial charge >= 0.3 is 0 Å². The fourth-order valence-electron chi connectivity index (χ4n) is 4.69. The van der Waals surface area contributed by atoms with Crippen molar-refractivity contribution in [3.8, 4) is 22.6 Å². The first-order valence-electron chi connectivity index (χ1n) is 12.0. The first kappa shape index (κ1) is 25.1. The van der Waals surface area contributed by atoms with Gasteiger partial charge in [-0.15, -0.1) is 0 Å². The van der Waals surface area contributed by atoms with Gasteiger partial charge in [0.1, 0.15) is 18.1 Å². The zero-order valence-electron chi connectivity index (χ0n) is 20.7. The van der Waals surface area contributed by atoms with Crippen molar-refractivity contribution in [2.45, 2.75) is 19.4 Å². The molecule has 0 bridgehead atoms. The van der Waals surface area contributed by atoms with Crippen molar-refractivity contribution < 1.29 is 27.8 Å². The molecule has 5 rings (SSSR count). The number of carbonyl (C=O) groups is 1. The van der Waals surface area contributed by atoms with E-state index in [1.54, 1.807) is 18.2 Å². The predicted molar refractivity (Wildman–Crippen MR) is 142 cm³/mol. The van der Waals surface area contributed by atoms with Crippen LogP contribution in [0, 0.1) is 0 Å². The highest BCUT2D eigenvalue weighted by atomic mass is 32.2. The van der Waals surface area contributed by atoms with Gasteiger partial charge in [-0.3, -0.25) is 4.79 Å². The average Bonchev–Trinajstić information content (AvgIpc) is 3.43. The fraction of sp³-hybridized carbons (Fsp3) is 0.296. The lowest BCUT2D eigenvalue weighted by atomic mass is 10.1. The van der Waals surface area contributed by atoms with E-state index in [1.807, 2.05) is 30.3 Å². The van der Waals surface area contributed by atoms with Gasteiger partial charge < -0.3 is 25.2 Å². The van der Waals surface area contributed by atoms with E-state index < -0.39 is 16.1 Å². The molecule has 3 aromatic rings. The van der Waals surface area contributed by atoms with Crippen LogP contribution in [0.3, 0.4) is 0 Å². The number of fused-ring (bicyclic) bond motifs is 4. The second-order valence-electron chi connectivity index (χ2n) is 9.23. The summed E-state index contributed by atoms with van der Waals surface area (Å²) in [5, 5.41) is 16.6. The molecule has 10 heteroatoms. The monoisotopic (exact) mass is 523 g/mol. The SMILES string of the molecule is CC(=O)Nc1ccc2c(c1)Cc1cc(OCCNCC(O)c3ccc4c(c3)N(S(C)(=O)=O)CO4)ccc1-2. The molecule has 0 aromatic heterocycles.